The quantitative estimate of drug-likeness (QED) is 0.944. The Balaban J connectivity index is 1.79. The molecule has 22 heavy (non-hydrogen) atoms. The topological polar surface area (TPSA) is 62.4 Å². The van der Waals surface area contributed by atoms with Crippen molar-refractivity contribution in [3.8, 4) is 11.4 Å². The zero-order valence-corrected chi connectivity index (χ0v) is 12.8. The molecule has 1 aromatic heterocycles. The third kappa shape index (κ3) is 3.03. The van der Waals surface area contributed by atoms with Crippen LogP contribution in [0.5, 0.6) is 0 Å². The van der Waals surface area contributed by atoms with Crippen molar-refractivity contribution in [2.75, 3.05) is 13.1 Å². The molecular weight excluding hydrogens is 285 g/mol. The Kier molecular flexibility index (Phi) is 4.22. The van der Waals surface area contributed by atoms with Crippen molar-refractivity contribution < 1.29 is 14.0 Å². The third-order valence-corrected chi connectivity index (χ3v) is 4.19. The van der Waals surface area contributed by atoms with Crippen LogP contribution in [0, 0.1) is 12.7 Å². The summed E-state index contributed by atoms with van der Waals surface area (Å²) in [5.41, 5.74) is 1.29. The predicted molar refractivity (Wildman–Crippen MR) is 79.7 cm³/mol. The van der Waals surface area contributed by atoms with E-state index in [-0.39, 0.29) is 18.0 Å². The van der Waals surface area contributed by atoms with Crippen LogP contribution in [0.3, 0.4) is 0 Å². The SMILES string of the molecule is Cc1cc(-c2noc(C(C)N3CCCC(O)C3)n2)ccc1F. The van der Waals surface area contributed by atoms with Crippen molar-refractivity contribution in [3.05, 3.63) is 35.5 Å². The number of hydrogen-bond donors (Lipinski definition) is 1. The predicted octanol–water partition coefficient (Wildman–Crippen LogP) is 2.70. The molecule has 0 amide bonds. The van der Waals surface area contributed by atoms with Crippen LogP contribution in [0.2, 0.25) is 0 Å². The molecule has 1 fully saturated rings. The molecule has 0 spiro atoms. The van der Waals surface area contributed by atoms with E-state index in [2.05, 4.69) is 15.0 Å². The number of aromatic nitrogens is 2. The van der Waals surface area contributed by atoms with Gasteiger partial charge in [-0.25, -0.2) is 4.39 Å². The molecule has 0 aliphatic carbocycles. The first-order valence-electron chi connectivity index (χ1n) is 7.57. The van der Waals surface area contributed by atoms with E-state index in [9.17, 15) is 9.50 Å². The summed E-state index contributed by atoms with van der Waals surface area (Å²) in [6, 6.07) is 4.72. The van der Waals surface area contributed by atoms with Crippen molar-refractivity contribution in [2.45, 2.75) is 38.8 Å². The van der Waals surface area contributed by atoms with E-state index in [0.29, 0.717) is 23.8 Å². The summed E-state index contributed by atoms with van der Waals surface area (Å²) in [6.45, 7) is 5.23. The lowest BCUT2D eigenvalue weighted by Crippen LogP contribution is -2.39. The summed E-state index contributed by atoms with van der Waals surface area (Å²) >= 11 is 0. The largest absolute Gasteiger partial charge is 0.392 e. The van der Waals surface area contributed by atoms with Gasteiger partial charge in [-0.15, -0.1) is 0 Å². The maximum absolute atomic E-state index is 13.3. The number of aryl methyl sites for hydroxylation is 1. The molecule has 0 radical (unpaired) electrons. The monoisotopic (exact) mass is 305 g/mol. The van der Waals surface area contributed by atoms with Crippen LogP contribution in [-0.2, 0) is 0 Å². The third-order valence-electron chi connectivity index (χ3n) is 4.19. The molecule has 3 rings (SSSR count). The van der Waals surface area contributed by atoms with Gasteiger partial charge >= 0.3 is 0 Å². The van der Waals surface area contributed by atoms with Crippen molar-refractivity contribution in [1.29, 1.82) is 0 Å². The molecule has 6 heteroatoms. The first kappa shape index (κ1) is 15.1. The van der Waals surface area contributed by atoms with E-state index in [4.69, 9.17) is 4.52 Å². The van der Waals surface area contributed by atoms with Crippen LogP contribution < -0.4 is 0 Å². The summed E-state index contributed by atoms with van der Waals surface area (Å²) in [7, 11) is 0. The first-order valence-corrected chi connectivity index (χ1v) is 7.57. The van der Waals surface area contributed by atoms with E-state index in [0.717, 1.165) is 24.9 Å². The van der Waals surface area contributed by atoms with Crippen molar-refractivity contribution >= 4 is 0 Å². The molecule has 1 aromatic carbocycles. The van der Waals surface area contributed by atoms with Gasteiger partial charge in [0.05, 0.1) is 12.1 Å². The molecule has 1 aliphatic heterocycles. The van der Waals surface area contributed by atoms with Crippen LogP contribution in [0.25, 0.3) is 11.4 Å². The fourth-order valence-electron chi connectivity index (χ4n) is 2.80. The fourth-order valence-corrected chi connectivity index (χ4v) is 2.80. The minimum Gasteiger partial charge on any atom is -0.392 e. The molecule has 1 saturated heterocycles. The Hall–Kier alpha value is -1.79. The van der Waals surface area contributed by atoms with Gasteiger partial charge in [-0.05, 0) is 57.0 Å². The minimum absolute atomic E-state index is 0.0438. The average molecular weight is 305 g/mol. The van der Waals surface area contributed by atoms with E-state index in [1.807, 2.05) is 6.92 Å². The Morgan fingerprint density at radius 3 is 3.00 bits per heavy atom. The number of benzene rings is 1. The molecule has 2 heterocycles. The number of rotatable bonds is 3. The van der Waals surface area contributed by atoms with Crippen molar-refractivity contribution in [1.82, 2.24) is 15.0 Å². The molecular formula is C16H20FN3O2. The molecule has 5 nitrogen and oxygen atoms in total. The second kappa shape index (κ2) is 6.14. The van der Waals surface area contributed by atoms with E-state index >= 15 is 0 Å². The fraction of sp³-hybridized carbons (Fsp3) is 0.500. The molecule has 0 saturated carbocycles. The average Bonchev–Trinajstić information content (AvgIpc) is 2.99. The van der Waals surface area contributed by atoms with Gasteiger partial charge in [-0.3, -0.25) is 4.90 Å². The summed E-state index contributed by atoms with van der Waals surface area (Å²) in [6.07, 6.45) is 1.51. The minimum atomic E-state index is -0.293. The smallest absolute Gasteiger partial charge is 0.244 e. The highest BCUT2D eigenvalue weighted by molar-refractivity contribution is 5.55. The molecule has 2 unspecified atom stereocenters. The molecule has 1 aliphatic rings. The van der Waals surface area contributed by atoms with Gasteiger partial charge in [0.1, 0.15) is 5.82 Å². The number of halogens is 1. The zero-order valence-electron chi connectivity index (χ0n) is 12.8. The second-order valence-electron chi connectivity index (χ2n) is 5.89. The standard InChI is InChI=1S/C16H20FN3O2/c1-10-8-12(5-6-14(10)17)15-18-16(22-19-15)11(2)20-7-3-4-13(21)9-20/h5-6,8,11,13,21H,3-4,7,9H2,1-2H3. The van der Waals surface area contributed by atoms with Gasteiger partial charge in [0.25, 0.3) is 0 Å². The van der Waals surface area contributed by atoms with E-state index < -0.39 is 0 Å². The maximum atomic E-state index is 13.3. The lowest BCUT2D eigenvalue weighted by atomic mass is 10.1. The lowest BCUT2D eigenvalue weighted by Gasteiger charge is -2.32. The van der Waals surface area contributed by atoms with Crippen LogP contribution in [-0.4, -0.2) is 39.3 Å². The van der Waals surface area contributed by atoms with Crippen LogP contribution in [0.1, 0.15) is 37.3 Å². The highest BCUT2D eigenvalue weighted by atomic mass is 19.1. The summed E-state index contributed by atoms with van der Waals surface area (Å²) in [5.74, 6) is 0.733. The number of hydrogen-bond acceptors (Lipinski definition) is 5. The highest BCUT2D eigenvalue weighted by Gasteiger charge is 2.26. The summed E-state index contributed by atoms with van der Waals surface area (Å²) in [5, 5.41) is 13.8. The first-order chi connectivity index (χ1) is 10.5. The number of β-amino-alcohol motifs (C(OH)–C–C–N with tert-alkyl or cyclic N) is 1. The van der Waals surface area contributed by atoms with Crippen molar-refractivity contribution in [3.63, 3.8) is 0 Å². The Bertz CT molecular complexity index is 659. The van der Waals surface area contributed by atoms with Crippen LogP contribution >= 0.6 is 0 Å². The van der Waals surface area contributed by atoms with Gasteiger partial charge in [-0.1, -0.05) is 5.16 Å². The van der Waals surface area contributed by atoms with Gasteiger partial charge < -0.3 is 9.63 Å². The number of aliphatic hydroxyl groups excluding tert-OH is 1. The van der Waals surface area contributed by atoms with Crippen LogP contribution in [0.15, 0.2) is 22.7 Å². The number of nitrogens with zero attached hydrogens (tertiary/aromatic N) is 3. The van der Waals surface area contributed by atoms with Gasteiger partial charge in [0, 0.05) is 12.1 Å². The van der Waals surface area contributed by atoms with Gasteiger partial charge in [0.15, 0.2) is 0 Å². The Labute approximate surface area is 128 Å². The van der Waals surface area contributed by atoms with E-state index in [1.54, 1.807) is 19.1 Å². The molecule has 2 atom stereocenters. The lowest BCUT2D eigenvalue weighted by molar-refractivity contribution is 0.0422. The normalized spacial score (nSPS) is 21.0. The number of piperidine rings is 1. The van der Waals surface area contributed by atoms with Crippen LogP contribution in [0.4, 0.5) is 4.39 Å². The number of likely N-dealkylation sites (tertiary alicyclic amines) is 1. The van der Waals surface area contributed by atoms with Gasteiger partial charge in [-0.2, -0.15) is 4.98 Å². The van der Waals surface area contributed by atoms with Gasteiger partial charge in [0.2, 0.25) is 11.7 Å². The Morgan fingerprint density at radius 1 is 1.45 bits per heavy atom. The van der Waals surface area contributed by atoms with E-state index in [1.165, 1.54) is 6.07 Å². The second-order valence-corrected chi connectivity index (χ2v) is 5.89. The summed E-state index contributed by atoms with van der Waals surface area (Å²) in [4.78, 5) is 6.57. The number of aliphatic hydroxyl groups is 1. The Morgan fingerprint density at radius 2 is 2.27 bits per heavy atom. The highest BCUT2D eigenvalue weighted by Crippen LogP contribution is 2.26. The van der Waals surface area contributed by atoms with Crippen molar-refractivity contribution in [2.24, 2.45) is 0 Å². The maximum Gasteiger partial charge on any atom is 0.244 e. The molecule has 0 bridgehead atoms. The summed E-state index contributed by atoms with van der Waals surface area (Å²) < 4.78 is 18.7. The molecule has 2 aromatic rings. The zero-order chi connectivity index (χ0) is 15.7. The molecule has 1 N–H and O–H groups in total. The molecule has 118 valence electrons.